The molecule has 39 heavy (non-hydrogen) atoms. The third-order valence-corrected chi connectivity index (χ3v) is 9.30. The fourth-order valence-corrected chi connectivity index (χ4v) is 6.87. The lowest BCUT2D eigenvalue weighted by Gasteiger charge is -2.31. The minimum Gasteiger partial charge on any atom is -0.396 e. The van der Waals surface area contributed by atoms with Crippen LogP contribution in [0.4, 0.5) is 5.95 Å². The van der Waals surface area contributed by atoms with E-state index in [0.717, 1.165) is 85.7 Å². The van der Waals surface area contributed by atoms with Gasteiger partial charge in [-0.1, -0.05) is 25.8 Å². The summed E-state index contributed by atoms with van der Waals surface area (Å²) in [5, 5.41) is 9.64. The second kappa shape index (κ2) is 10.5. The van der Waals surface area contributed by atoms with Crippen molar-refractivity contribution in [2.45, 2.75) is 77.0 Å². The van der Waals surface area contributed by atoms with Gasteiger partial charge >= 0.3 is 0 Å². The van der Waals surface area contributed by atoms with Gasteiger partial charge < -0.3 is 19.3 Å². The second-order valence-corrected chi connectivity index (χ2v) is 11.8. The predicted molar refractivity (Wildman–Crippen MR) is 152 cm³/mol. The Hall–Kier alpha value is -3.04. The van der Waals surface area contributed by atoms with E-state index in [1.165, 1.54) is 31.2 Å². The first kappa shape index (κ1) is 25.0. The molecule has 0 spiro atoms. The molecule has 1 unspecified atom stereocenters. The van der Waals surface area contributed by atoms with E-state index in [1.807, 2.05) is 12.7 Å². The highest BCUT2D eigenvalue weighted by Crippen LogP contribution is 2.37. The van der Waals surface area contributed by atoms with Crippen LogP contribution in [0.3, 0.4) is 0 Å². The number of rotatable bonds is 5. The van der Waals surface area contributed by atoms with Gasteiger partial charge in [0.15, 0.2) is 5.65 Å². The summed E-state index contributed by atoms with van der Waals surface area (Å²) in [5.41, 5.74) is 5.67. The first-order valence-electron chi connectivity index (χ1n) is 14.9. The van der Waals surface area contributed by atoms with Gasteiger partial charge in [-0.3, -0.25) is 4.57 Å². The zero-order chi connectivity index (χ0) is 26.3. The average Bonchev–Trinajstić information content (AvgIpc) is 3.62. The molecule has 1 N–H and O–H groups in total. The Morgan fingerprint density at radius 1 is 0.923 bits per heavy atom. The number of piperidine rings is 1. The molecule has 1 saturated carbocycles. The molecule has 5 heterocycles. The number of aromatic nitrogens is 6. The topological polar surface area (TPSA) is 94.1 Å². The van der Waals surface area contributed by atoms with Gasteiger partial charge in [0.25, 0.3) is 0 Å². The fraction of sp³-hybridized carbons (Fsp3) is 0.600. The number of hydrogen-bond donors (Lipinski definition) is 1. The molecule has 0 bridgehead atoms. The van der Waals surface area contributed by atoms with Crippen molar-refractivity contribution in [3.8, 4) is 11.3 Å². The Balaban J connectivity index is 1.31. The van der Waals surface area contributed by atoms with E-state index in [-0.39, 0.29) is 12.8 Å². The van der Waals surface area contributed by atoms with Gasteiger partial charge in [0.2, 0.25) is 5.95 Å². The maximum atomic E-state index is 9.64. The van der Waals surface area contributed by atoms with E-state index in [4.69, 9.17) is 24.7 Å². The number of hydrogen-bond acceptors (Lipinski definition) is 7. The molecule has 9 nitrogen and oxygen atoms in total. The number of fused-ring (bicyclic) bond motifs is 2. The summed E-state index contributed by atoms with van der Waals surface area (Å²) in [6.07, 6.45) is 14.1. The zero-order valence-electron chi connectivity index (χ0n) is 22.9. The highest BCUT2D eigenvalue weighted by molar-refractivity contribution is 5.91. The Morgan fingerprint density at radius 2 is 1.74 bits per heavy atom. The average molecular weight is 530 g/mol. The lowest BCUT2D eigenvalue weighted by atomic mass is 9.85. The van der Waals surface area contributed by atoms with Crippen LogP contribution in [0.15, 0.2) is 30.9 Å². The monoisotopic (exact) mass is 529 g/mol. The molecule has 0 radical (unpaired) electrons. The second-order valence-electron chi connectivity index (χ2n) is 11.8. The van der Waals surface area contributed by atoms with Crippen molar-refractivity contribution in [3.05, 3.63) is 30.9 Å². The smallest absolute Gasteiger partial charge is 0.228 e. The summed E-state index contributed by atoms with van der Waals surface area (Å²) in [5.74, 6) is 1.75. The summed E-state index contributed by atoms with van der Waals surface area (Å²) >= 11 is 0. The summed E-state index contributed by atoms with van der Waals surface area (Å²) < 4.78 is 10.6. The molecule has 2 aliphatic heterocycles. The van der Waals surface area contributed by atoms with Gasteiger partial charge in [0, 0.05) is 37.9 Å². The van der Waals surface area contributed by atoms with Crippen molar-refractivity contribution in [1.82, 2.24) is 29.1 Å². The molecule has 3 aliphatic rings. The number of nitrogens with zero attached hydrogens (tertiary/aromatic N) is 7. The highest BCUT2D eigenvalue weighted by atomic mass is 16.5. The van der Waals surface area contributed by atoms with E-state index in [2.05, 4.69) is 39.2 Å². The van der Waals surface area contributed by atoms with E-state index in [9.17, 15) is 5.11 Å². The number of benzene rings is 1. The van der Waals surface area contributed by atoms with Crippen molar-refractivity contribution in [3.63, 3.8) is 0 Å². The summed E-state index contributed by atoms with van der Waals surface area (Å²) in [6.45, 7) is 5.07. The third kappa shape index (κ3) is 4.59. The van der Waals surface area contributed by atoms with E-state index in [0.29, 0.717) is 17.9 Å². The van der Waals surface area contributed by atoms with E-state index in [1.54, 1.807) is 0 Å². The summed E-state index contributed by atoms with van der Waals surface area (Å²) in [7, 11) is 0. The van der Waals surface area contributed by atoms with Crippen molar-refractivity contribution in [1.29, 1.82) is 0 Å². The fourth-order valence-electron chi connectivity index (χ4n) is 6.87. The van der Waals surface area contributed by atoms with Crippen LogP contribution in [0.25, 0.3) is 33.5 Å². The normalized spacial score (nSPS) is 25.1. The van der Waals surface area contributed by atoms with E-state index < -0.39 is 0 Å². The largest absolute Gasteiger partial charge is 0.396 e. The van der Waals surface area contributed by atoms with Crippen LogP contribution >= 0.6 is 0 Å². The molecule has 3 aromatic heterocycles. The number of anilines is 1. The van der Waals surface area contributed by atoms with Crippen molar-refractivity contribution in [2.24, 2.45) is 11.8 Å². The molecule has 3 fully saturated rings. The quantitative estimate of drug-likeness (QED) is 0.365. The minimum atomic E-state index is -0.0462. The maximum Gasteiger partial charge on any atom is 0.228 e. The number of imidazole rings is 2. The molecule has 9 heteroatoms. The Morgan fingerprint density at radius 3 is 2.54 bits per heavy atom. The molecule has 4 aromatic rings. The Labute approximate surface area is 229 Å². The van der Waals surface area contributed by atoms with Gasteiger partial charge in [-0.15, -0.1) is 0 Å². The van der Waals surface area contributed by atoms with Crippen LogP contribution in [0.5, 0.6) is 0 Å². The third-order valence-electron chi connectivity index (χ3n) is 9.30. The molecule has 206 valence electrons. The molecular weight excluding hydrogens is 490 g/mol. The molecule has 7 rings (SSSR count). The van der Waals surface area contributed by atoms with Crippen LogP contribution in [-0.4, -0.2) is 60.5 Å². The molecule has 3 atom stereocenters. The minimum absolute atomic E-state index is 0.0462. The van der Waals surface area contributed by atoms with Crippen LogP contribution < -0.4 is 4.90 Å². The van der Waals surface area contributed by atoms with Crippen molar-refractivity contribution in [2.75, 3.05) is 31.2 Å². The highest BCUT2D eigenvalue weighted by Gasteiger charge is 2.27. The van der Waals surface area contributed by atoms with Crippen LogP contribution in [0.2, 0.25) is 0 Å². The van der Waals surface area contributed by atoms with Gasteiger partial charge in [0.1, 0.15) is 17.4 Å². The summed E-state index contributed by atoms with van der Waals surface area (Å²) in [6, 6.07) is 7.06. The van der Waals surface area contributed by atoms with Crippen molar-refractivity contribution >= 4 is 28.1 Å². The lowest BCUT2D eigenvalue weighted by molar-refractivity contribution is -0.0298. The number of aliphatic hydroxyl groups excluding tert-OH is 1. The zero-order valence-corrected chi connectivity index (χ0v) is 22.9. The molecule has 1 aliphatic carbocycles. The van der Waals surface area contributed by atoms with Crippen LogP contribution in [0, 0.1) is 11.8 Å². The van der Waals surface area contributed by atoms with E-state index >= 15 is 0 Å². The molecular formula is C30H39N7O2. The van der Waals surface area contributed by atoms with Gasteiger partial charge in [0.05, 0.1) is 23.7 Å². The lowest BCUT2D eigenvalue weighted by Crippen LogP contribution is -2.36. The van der Waals surface area contributed by atoms with Crippen LogP contribution in [-0.2, 0) is 4.74 Å². The summed E-state index contributed by atoms with van der Waals surface area (Å²) in [4.78, 5) is 22.1. The molecule has 0 amide bonds. The first-order valence-corrected chi connectivity index (χ1v) is 14.9. The Kier molecular flexibility index (Phi) is 6.72. The van der Waals surface area contributed by atoms with Crippen molar-refractivity contribution < 1.29 is 9.84 Å². The predicted octanol–water partition coefficient (Wildman–Crippen LogP) is 5.50. The number of ether oxygens (including phenoxy) is 1. The van der Waals surface area contributed by atoms with Crippen LogP contribution in [0.1, 0.15) is 77.0 Å². The van der Waals surface area contributed by atoms with Gasteiger partial charge in [-0.05, 0) is 68.9 Å². The molecule has 1 aromatic carbocycles. The van der Waals surface area contributed by atoms with Gasteiger partial charge in [-0.2, -0.15) is 4.98 Å². The SMILES string of the molecule is C[C@@H]1CCCC[C@@H]1n1cnc2cc(-c3nc(N4CCC(CO)CC4)nc4c3ncn4C3CCCCO3)ccc21. The standard InChI is InChI=1S/C30H39N7O2/c1-20-6-2-3-7-24(20)36-18-31-23-16-22(9-10-25(23)36)27-28-29(37(19-32-28)26-8-4-5-15-39-26)34-30(33-27)35-13-11-21(17-38)12-14-35/h9-10,16,18-21,24,26,38H,2-8,11-15,17H2,1H3/t20-,24+,26?/m1/s1. The first-order chi connectivity index (χ1) is 19.2. The van der Waals surface area contributed by atoms with Gasteiger partial charge in [-0.25, -0.2) is 15.0 Å². The maximum absolute atomic E-state index is 9.64. The Bertz CT molecular complexity index is 1450. The molecule has 2 saturated heterocycles. The number of aliphatic hydroxyl groups is 1.